The number of ether oxygens (including phenoxy) is 2. The van der Waals surface area contributed by atoms with Gasteiger partial charge in [-0.05, 0) is 13.0 Å². The Kier molecular flexibility index (Phi) is 3.44. The summed E-state index contributed by atoms with van der Waals surface area (Å²) in [6.45, 7) is 1.53. The number of hydrogen-bond donors (Lipinski definition) is 0. The lowest BCUT2D eigenvalue weighted by atomic mass is 10.1. The van der Waals surface area contributed by atoms with E-state index in [2.05, 4.69) is 4.74 Å². The first-order chi connectivity index (χ1) is 7.51. The lowest BCUT2D eigenvalue weighted by Gasteiger charge is -2.06. The molecular formula is C10H11NO5. The predicted octanol–water partition coefficient (Wildman–Crippen LogP) is 1.70. The Labute approximate surface area is 91.9 Å². The van der Waals surface area contributed by atoms with E-state index in [4.69, 9.17) is 4.74 Å². The third kappa shape index (κ3) is 2.10. The fraction of sp³-hybridized carbons (Fsp3) is 0.300. The molecule has 0 bridgehead atoms. The average molecular weight is 225 g/mol. The summed E-state index contributed by atoms with van der Waals surface area (Å²) in [7, 11) is 2.59. The van der Waals surface area contributed by atoms with Crippen LogP contribution in [0.25, 0.3) is 0 Å². The quantitative estimate of drug-likeness (QED) is 0.444. The number of benzene rings is 1. The van der Waals surface area contributed by atoms with Gasteiger partial charge >= 0.3 is 5.97 Å². The molecule has 86 valence electrons. The number of nitro groups is 1. The minimum absolute atomic E-state index is 0.107. The van der Waals surface area contributed by atoms with Crippen molar-refractivity contribution in [3.63, 3.8) is 0 Å². The van der Waals surface area contributed by atoms with Gasteiger partial charge in [-0.1, -0.05) is 0 Å². The number of nitro benzene ring substituents is 1. The van der Waals surface area contributed by atoms with Crippen LogP contribution < -0.4 is 4.74 Å². The van der Waals surface area contributed by atoms with Gasteiger partial charge in [0.1, 0.15) is 11.3 Å². The zero-order valence-electron chi connectivity index (χ0n) is 9.14. The highest BCUT2D eigenvalue weighted by molar-refractivity contribution is 5.95. The highest BCUT2D eigenvalue weighted by Gasteiger charge is 2.24. The van der Waals surface area contributed by atoms with E-state index in [0.29, 0.717) is 11.3 Å². The first kappa shape index (κ1) is 12.0. The van der Waals surface area contributed by atoms with Gasteiger partial charge in [0.05, 0.1) is 19.1 Å². The molecule has 0 aromatic heterocycles. The van der Waals surface area contributed by atoms with Crippen LogP contribution in [-0.2, 0) is 4.74 Å². The van der Waals surface area contributed by atoms with Gasteiger partial charge in [0.25, 0.3) is 5.69 Å². The molecule has 0 aliphatic rings. The molecular weight excluding hydrogens is 214 g/mol. The molecule has 0 atom stereocenters. The van der Waals surface area contributed by atoms with Crippen molar-refractivity contribution in [2.45, 2.75) is 6.92 Å². The average Bonchev–Trinajstić information content (AvgIpc) is 2.26. The molecule has 0 fully saturated rings. The summed E-state index contributed by atoms with van der Waals surface area (Å²) in [6.07, 6.45) is 0. The fourth-order valence-electron chi connectivity index (χ4n) is 1.37. The Morgan fingerprint density at radius 3 is 2.44 bits per heavy atom. The lowest BCUT2D eigenvalue weighted by Crippen LogP contribution is -2.07. The highest BCUT2D eigenvalue weighted by atomic mass is 16.6. The molecule has 1 aromatic rings. The summed E-state index contributed by atoms with van der Waals surface area (Å²) in [5.74, 6) is -0.378. The van der Waals surface area contributed by atoms with E-state index in [9.17, 15) is 14.9 Å². The summed E-state index contributed by atoms with van der Waals surface area (Å²) >= 11 is 0. The SMILES string of the molecule is COC(=O)c1cc(OC)cc(C)c1[N+](=O)[O-]. The second-order valence-corrected chi connectivity index (χ2v) is 3.09. The van der Waals surface area contributed by atoms with E-state index >= 15 is 0 Å². The van der Waals surface area contributed by atoms with E-state index in [1.165, 1.54) is 33.3 Å². The Morgan fingerprint density at radius 1 is 1.38 bits per heavy atom. The normalized spacial score (nSPS) is 9.69. The summed E-state index contributed by atoms with van der Waals surface area (Å²) < 4.78 is 9.42. The molecule has 0 saturated heterocycles. The van der Waals surface area contributed by atoms with E-state index in [1.54, 1.807) is 0 Å². The minimum Gasteiger partial charge on any atom is -0.497 e. The molecule has 0 unspecified atom stereocenters. The minimum atomic E-state index is -0.756. The Bertz CT molecular complexity index is 441. The third-order valence-corrected chi connectivity index (χ3v) is 2.10. The van der Waals surface area contributed by atoms with Crippen LogP contribution in [0.15, 0.2) is 12.1 Å². The van der Waals surface area contributed by atoms with E-state index in [0.717, 1.165) is 0 Å². The number of aryl methyl sites for hydroxylation is 1. The lowest BCUT2D eigenvalue weighted by molar-refractivity contribution is -0.385. The van der Waals surface area contributed by atoms with Crippen LogP contribution in [-0.4, -0.2) is 25.1 Å². The van der Waals surface area contributed by atoms with Crippen LogP contribution in [0.2, 0.25) is 0 Å². The van der Waals surface area contributed by atoms with Crippen LogP contribution in [0.1, 0.15) is 15.9 Å². The standard InChI is InChI=1S/C10H11NO5/c1-6-4-7(15-2)5-8(10(12)16-3)9(6)11(13)14/h4-5H,1-3H3. The zero-order chi connectivity index (χ0) is 12.3. The summed E-state index contributed by atoms with van der Waals surface area (Å²) in [4.78, 5) is 21.6. The molecule has 0 saturated carbocycles. The van der Waals surface area contributed by atoms with Crippen LogP contribution >= 0.6 is 0 Å². The van der Waals surface area contributed by atoms with Crippen molar-refractivity contribution in [2.24, 2.45) is 0 Å². The van der Waals surface area contributed by atoms with Gasteiger partial charge in [0, 0.05) is 11.6 Å². The van der Waals surface area contributed by atoms with Gasteiger partial charge in [-0.15, -0.1) is 0 Å². The topological polar surface area (TPSA) is 78.7 Å². The molecule has 16 heavy (non-hydrogen) atoms. The Hall–Kier alpha value is -2.11. The number of carbonyl (C=O) groups is 1. The van der Waals surface area contributed by atoms with Crippen LogP contribution in [0.4, 0.5) is 5.69 Å². The van der Waals surface area contributed by atoms with Crippen molar-refractivity contribution in [1.82, 2.24) is 0 Å². The van der Waals surface area contributed by atoms with Gasteiger partial charge in [-0.2, -0.15) is 0 Å². The largest absolute Gasteiger partial charge is 0.497 e. The second kappa shape index (κ2) is 4.61. The number of methoxy groups -OCH3 is 2. The van der Waals surface area contributed by atoms with Crippen LogP contribution in [0.5, 0.6) is 5.75 Å². The summed E-state index contributed by atoms with van der Waals surface area (Å²) in [5.41, 5.74) is -0.0123. The molecule has 6 heteroatoms. The fourth-order valence-corrected chi connectivity index (χ4v) is 1.37. The van der Waals surface area contributed by atoms with Crippen molar-refractivity contribution in [1.29, 1.82) is 0 Å². The maximum Gasteiger partial charge on any atom is 0.345 e. The van der Waals surface area contributed by atoms with Crippen molar-refractivity contribution in [2.75, 3.05) is 14.2 Å². The van der Waals surface area contributed by atoms with E-state index < -0.39 is 10.9 Å². The highest BCUT2D eigenvalue weighted by Crippen LogP contribution is 2.29. The number of carbonyl (C=O) groups excluding carboxylic acids is 1. The van der Waals surface area contributed by atoms with Gasteiger partial charge in [-0.3, -0.25) is 10.1 Å². The molecule has 6 nitrogen and oxygen atoms in total. The van der Waals surface area contributed by atoms with Crippen molar-refractivity contribution >= 4 is 11.7 Å². The van der Waals surface area contributed by atoms with Crippen molar-refractivity contribution < 1.29 is 19.2 Å². The Balaban J connectivity index is 3.46. The number of rotatable bonds is 3. The molecule has 0 heterocycles. The van der Waals surface area contributed by atoms with Crippen LogP contribution in [0, 0.1) is 17.0 Å². The number of hydrogen-bond acceptors (Lipinski definition) is 5. The zero-order valence-corrected chi connectivity index (χ0v) is 9.14. The molecule has 1 rings (SSSR count). The molecule has 0 N–H and O–H groups in total. The number of nitrogens with zero attached hydrogens (tertiary/aromatic N) is 1. The molecule has 0 aliphatic carbocycles. The second-order valence-electron chi connectivity index (χ2n) is 3.09. The molecule has 0 spiro atoms. The summed E-state index contributed by atoms with van der Waals surface area (Å²) in [6, 6.07) is 2.78. The van der Waals surface area contributed by atoms with Gasteiger partial charge in [0.2, 0.25) is 0 Å². The van der Waals surface area contributed by atoms with Crippen molar-refractivity contribution in [3.05, 3.63) is 33.4 Å². The predicted molar refractivity (Wildman–Crippen MR) is 55.7 cm³/mol. The maximum absolute atomic E-state index is 11.4. The number of esters is 1. The molecule has 0 aliphatic heterocycles. The molecule has 1 aromatic carbocycles. The van der Waals surface area contributed by atoms with Crippen molar-refractivity contribution in [3.8, 4) is 5.75 Å². The summed E-state index contributed by atoms with van der Waals surface area (Å²) in [5, 5.41) is 10.8. The maximum atomic E-state index is 11.4. The third-order valence-electron chi connectivity index (χ3n) is 2.10. The Morgan fingerprint density at radius 2 is 2.00 bits per heavy atom. The van der Waals surface area contributed by atoms with E-state index in [-0.39, 0.29) is 11.3 Å². The van der Waals surface area contributed by atoms with Gasteiger partial charge in [0.15, 0.2) is 0 Å². The first-order valence-corrected chi connectivity index (χ1v) is 4.42. The van der Waals surface area contributed by atoms with Gasteiger partial charge in [-0.25, -0.2) is 4.79 Å². The molecule has 0 radical (unpaired) electrons. The smallest absolute Gasteiger partial charge is 0.345 e. The van der Waals surface area contributed by atoms with E-state index in [1.807, 2.05) is 0 Å². The van der Waals surface area contributed by atoms with Gasteiger partial charge < -0.3 is 9.47 Å². The van der Waals surface area contributed by atoms with Crippen LogP contribution in [0.3, 0.4) is 0 Å². The first-order valence-electron chi connectivity index (χ1n) is 4.42. The molecule has 0 amide bonds. The monoisotopic (exact) mass is 225 g/mol.